The van der Waals surface area contributed by atoms with Gasteiger partial charge in [0, 0.05) is 59.4 Å². The molecule has 0 bridgehead atoms. The van der Waals surface area contributed by atoms with Crippen molar-refractivity contribution < 1.29 is 9.53 Å². The summed E-state index contributed by atoms with van der Waals surface area (Å²) in [5.41, 5.74) is -0.487. The predicted octanol–water partition coefficient (Wildman–Crippen LogP) is 2.46. The lowest BCUT2D eigenvalue weighted by Crippen LogP contribution is -2.45. The fraction of sp³-hybridized carbons (Fsp3) is 0.913. The van der Waals surface area contributed by atoms with Crippen molar-refractivity contribution in [2.24, 2.45) is 10.9 Å². The number of hydrogen-bond donors (Lipinski definition) is 2. The number of piperazine rings is 1. The van der Waals surface area contributed by atoms with E-state index in [1.165, 1.54) is 39.1 Å². The van der Waals surface area contributed by atoms with E-state index in [0.29, 0.717) is 5.92 Å². The summed E-state index contributed by atoms with van der Waals surface area (Å²) in [6.45, 7) is 17.5. The Labute approximate surface area is 190 Å². The highest BCUT2D eigenvalue weighted by Gasteiger charge is 2.22. The monoisotopic (exact) mass is 440 g/mol. The van der Waals surface area contributed by atoms with Gasteiger partial charge in [0.1, 0.15) is 5.60 Å². The zero-order valence-corrected chi connectivity index (χ0v) is 21.3. The Balaban J connectivity index is 2.31. The number of nitrogens with zero attached hydrogens (tertiary/aromatic N) is 4. The van der Waals surface area contributed by atoms with E-state index >= 15 is 0 Å². The molecule has 182 valence electrons. The maximum absolute atomic E-state index is 12.2. The van der Waals surface area contributed by atoms with Crippen molar-refractivity contribution in [3.63, 3.8) is 0 Å². The number of hydrogen-bond acceptors (Lipinski definition) is 5. The van der Waals surface area contributed by atoms with Gasteiger partial charge in [-0.3, -0.25) is 4.99 Å². The number of unbranched alkanes of at least 4 members (excludes halogenated alkanes) is 1. The van der Waals surface area contributed by atoms with Gasteiger partial charge in [-0.2, -0.15) is 0 Å². The van der Waals surface area contributed by atoms with Crippen LogP contribution in [0.5, 0.6) is 0 Å². The van der Waals surface area contributed by atoms with Crippen LogP contribution in [-0.2, 0) is 4.74 Å². The number of likely N-dealkylation sites (N-methyl/N-ethyl adjacent to an activating group) is 1. The Hall–Kier alpha value is -1.54. The summed E-state index contributed by atoms with van der Waals surface area (Å²) >= 11 is 0. The summed E-state index contributed by atoms with van der Waals surface area (Å²) in [4.78, 5) is 23.7. The van der Waals surface area contributed by atoms with Gasteiger partial charge >= 0.3 is 6.09 Å². The fourth-order valence-corrected chi connectivity index (χ4v) is 3.59. The van der Waals surface area contributed by atoms with Crippen LogP contribution in [0.4, 0.5) is 4.79 Å². The predicted molar refractivity (Wildman–Crippen MR) is 130 cm³/mol. The summed E-state index contributed by atoms with van der Waals surface area (Å²) in [5.74, 6) is 1.23. The molecule has 1 heterocycles. The molecule has 1 atom stereocenters. The molecule has 0 aromatic rings. The first kappa shape index (κ1) is 27.5. The maximum atomic E-state index is 12.2. The smallest absolute Gasteiger partial charge is 0.407 e. The number of amides is 1. The number of guanidine groups is 1. The molecule has 1 rings (SSSR count). The van der Waals surface area contributed by atoms with Crippen molar-refractivity contribution in [2.75, 3.05) is 67.0 Å². The van der Waals surface area contributed by atoms with E-state index in [-0.39, 0.29) is 12.1 Å². The van der Waals surface area contributed by atoms with Crippen LogP contribution in [0.1, 0.15) is 53.9 Å². The third-order valence-corrected chi connectivity index (χ3v) is 5.64. The van der Waals surface area contributed by atoms with Crippen LogP contribution in [0.3, 0.4) is 0 Å². The standard InChI is InChI=1S/C23H48N6O2/c1-19(2)20(26-22(30)31-23(3,4)5)11-14-28(8)21(24-6)25-12-9-10-13-29-17-15-27(7)16-18-29/h19-20H,9-18H2,1-8H3,(H,24,25)(H,26,30). The van der Waals surface area contributed by atoms with E-state index in [2.05, 4.69) is 51.2 Å². The van der Waals surface area contributed by atoms with E-state index in [0.717, 1.165) is 31.9 Å². The van der Waals surface area contributed by atoms with Crippen molar-refractivity contribution in [1.82, 2.24) is 25.3 Å². The van der Waals surface area contributed by atoms with E-state index < -0.39 is 5.60 Å². The molecule has 8 heteroatoms. The molecular weight excluding hydrogens is 392 g/mol. The molecule has 1 amide bonds. The maximum Gasteiger partial charge on any atom is 0.407 e. The van der Waals surface area contributed by atoms with Gasteiger partial charge in [-0.25, -0.2) is 4.79 Å². The molecular formula is C23H48N6O2. The first-order chi connectivity index (χ1) is 14.5. The van der Waals surface area contributed by atoms with Crippen molar-refractivity contribution in [1.29, 1.82) is 0 Å². The summed E-state index contributed by atoms with van der Waals surface area (Å²) in [6, 6.07) is 0.0546. The Morgan fingerprint density at radius 1 is 1.16 bits per heavy atom. The minimum Gasteiger partial charge on any atom is -0.444 e. The minimum atomic E-state index is -0.487. The molecule has 8 nitrogen and oxygen atoms in total. The Kier molecular flexibility index (Phi) is 12.2. The molecule has 31 heavy (non-hydrogen) atoms. The minimum absolute atomic E-state index is 0.0546. The largest absolute Gasteiger partial charge is 0.444 e. The third kappa shape index (κ3) is 12.2. The van der Waals surface area contributed by atoms with Crippen LogP contribution in [0, 0.1) is 5.92 Å². The molecule has 0 spiro atoms. The number of aliphatic imine (C=N–C) groups is 1. The Morgan fingerprint density at radius 2 is 1.81 bits per heavy atom. The molecule has 0 aromatic heterocycles. The highest BCUT2D eigenvalue weighted by Crippen LogP contribution is 2.11. The highest BCUT2D eigenvalue weighted by atomic mass is 16.6. The Bertz CT molecular complexity index is 539. The van der Waals surface area contributed by atoms with Gasteiger partial charge in [0.15, 0.2) is 5.96 Å². The second-order valence-electron chi connectivity index (χ2n) is 10.0. The van der Waals surface area contributed by atoms with Gasteiger partial charge in [-0.05, 0) is 59.5 Å². The second-order valence-corrected chi connectivity index (χ2v) is 10.0. The second kappa shape index (κ2) is 13.8. The van der Waals surface area contributed by atoms with Crippen LogP contribution in [0.2, 0.25) is 0 Å². The van der Waals surface area contributed by atoms with E-state index in [4.69, 9.17) is 4.74 Å². The van der Waals surface area contributed by atoms with Gasteiger partial charge in [0.05, 0.1) is 0 Å². The fourth-order valence-electron chi connectivity index (χ4n) is 3.59. The van der Waals surface area contributed by atoms with E-state index in [9.17, 15) is 4.79 Å². The van der Waals surface area contributed by atoms with Gasteiger partial charge in [-0.15, -0.1) is 0 Å². The zero-order valence-electron chi connectivity index (χ0n) is 21.3. The molecule has 1 fully saturated rings. The summed E-state index contributed by atoms with van der Waals surface area (Å²) in [7, 11) is 6.06. The molecule has 2 N–H and O–H groups in total. The van der Waals surface area contributed by atoms with Crippen LogP contribution < -0.4 is 10.6 Å². The lowest BCUT2D eigenvalue weighted by atomic mass is 10.0. The third-order valence-electron chi connectivity index (χ3n) is 5.64. The SMILES string of the molecule is CN=C(NCCCCN1CCN(C)CC1)N(C)CCC(NC(=O)OC(C)(C)C)C(C)C. The number of carbonyl (C=O) groups is 1. The molecule has 1 saturated heterocycles. The average molecular weight is 441 g/mol. The number of nitrogens with one attached hydrogen (secondary N) is 2. The summed E-state index contributed by atoms with van der Waals surface area (Å²) in [6.07, 6.45) is 2.81. The average Bonchev–Trinajstić information content (AvgIpc) is 2.67. The normalized spacial score (nSPS) is 17.5. The molecule has 1 aliphatic heterocycles. The molecule has 1 aliphatic rings. The number of alkyl carbamates (subject to hydrolysis) is 1. The zero-order chi connectivity index (χ0) is 23.4. The van der Waals surface area contributed by atoms with Crippen LogP contribution in [0.15, 0.2) is 4.99 Å². The van der Waals surface area contributed by atoms with Crippen LogP contribution in [-0.4, -0.2) is 105 Å². The van der Waals surface area contributed by atoms with Gasteiger partial charge < -0.3 is 30.1 Å². The first-order valence-corrected chi connectivity index (χ1v) is 11.8. The van der Waals surface area contributed by atoms with E-state index in [1.807, 2.05) is 34.9 Å². The molecule has 0 aliphatic carbocycles. The summed E-state index contributed by atoms with van der Waals surface area (Å²) < 4.78 is 5.41. The van der Waals surface area contributed by atoms with Gasteiger partial charge in [0.25, 0.3) is 0 Å². The van der Waals surface area contributed by atoms with Crippen LogP contribution >= 0.6 is 0 Å². The molecule has 1 unspecified atom stereocenters. The molecule has 0 aromatic carbocycles. The number of ether oxygens (including phenoxy) is 1. The topological polar surface area (TPSA) is 72.4 Å². The lowest BCUT2D eigenvalue weighted by molar-refractivity contribution is 0.0486. The number of rotatable bonds is 10. The molecule has 0 saturated carbocycles. The lowest BCUT2D eigenvalue weighted by Gasteiger charge is -2.32. The van der Waals surface area contributed by atoms with Crippen molar-refractivity contribution >= 4 is 12.1 Å². The van der Waals surface area contributed by atoms with E-state index in [1.54, 1.807) is 0 Å². The number of carbonyl (C=O) groups excluding carboxylic acids is 1. The first-order valence-electron chi connectivity index (χ1n) is 11.8. The Morgan fingerprint density at radius 3 is 2.35 bits per heavy atom. The van der Waals surface area contributed by atoms with Crippen molar-refractivity contribution in [3.05, 3.63) is 0 Å². The van der Waals surface area contributed by atoms with Gasteiger partial charge in [-0.1, -0.05) is 13.8 Å². The molecule has 0 radical (unpaired) electrons. The van der Waals surface area contributed by atoms with Gasteiger partial charge in [0.2, 0.25) is 0 Å². The quantitative estimate of drug-likeness (QED) is 0.309. The highest BCUT2D eigenvalue weighted by molar-refractivity contribution is 5.79. The van der Waals surface area contributed by atoms with Crippen LogP contribution in [0.25, 0.3) is 0 Å². The summed E-state index contributed by atoms with van der Waals surface area (Å²) in [5, 5.41) is 6.50. The van der Waals surface area contributed by atoms with Crippen molar-refractivity contribution in [3.8, 4) is 0 Å². The van der Waals surface area contributed by atoms with Crippen molar-refractivity contribution in [2.45, 2.75) is 65.5 Å².